The van der Waals surface area contributed by atoms with Crippen LogP contribution in [-0.4, -0.2) is 21.9 Å². The Kier molecular flexibility index (Phi) is 5.65. The zero-order valence-corrected chi connectivity index (χ0v) is 16.8. The third-order valence-corrected chi connectivity index (χ3v) is 5.66. The number of hydrogen-bond donors (Lipinski definition) is 0. The fourth-order valence-electron chi connectivity index (χ4n) is 2.86. The predicted octanol–water partition coefficient (Wildman–Crippen LogP) is 5.89. The molecule has 0 unspecified atom stereocenters. The minimum absolute atomic E-state index is 0.711. The van der Waals surface area contributed by atoms with Gasteiger partial charge in [0.1, 0.15) is 5.75 Å². The van der Waals surface area contributed by atoms with Crippen LogP contribution in [-0.2, 0) is 5.75 Å². The summed E-state index contributed by atoms with van der Waals surface area (Å²) in [7, 11) is 1.66. The normalized spacial score (nSPS) is 10.8. The van der Waals surface area contributed by atoms with Crippen molar-refractivity contribution in [3.8, 4) is 22.8 Å². The number of nitrogens with zero attached hydrogens (tertiary/aromatic N) is 3. The Morgan fingerprint density at radius 3 is 2.32 bits per heavy atom. The summed E-state index contributed by atoms with van der Waals surface area (Å²) in [6.45, 7) is 0. The number of thioether (sulfide) groups is 1. The topological polar surface area (TPSA) is 39.9 Å². The number of halogens is 1. The maximum atomic E-state index is 6.31. The summed E-state index contributed by atoms with van der Waals surface area (Å²) < 4.78 is 7.36. The van der Waals surface area contributed by atoms with E-state index in [0.717, 1.165) is 38.6 Å². The lowest BCUT2D eigenvalue weighted by atomic mass is 10.2. The summed E-state index contributed by atoms with van der Waals surface area (Å²) >= 11 is 7.92. The van der Waals surface area contributed by atoms with E-state index in [4.69, 9.17) is 16.3 Å². The summed E-state index contributed by atoms with van der Waals surface area (Å²) in [6.07, 6.45) is 0. The van der Waals surface area contributed by atoms with E-state index in [-0.39, 0.29) is 0 Å². The van der Waals surface area contributed by atoms with Gasteiger partial charge in [0.25, 0.3) is 0 Å². The van der Waals surface area contributed by atoms with Gasteiger partial charge in [-0.25, -0.2) is 0 Å². The van der Waals surface area contributed by atoms with Crippen LogP contribution in [0.3, 0.4) is 0 Å². The van der Waals surface area contributed by atoms with Crippen molar-refractivity contribution in [2.75, 3.05) is 7.11 Å². The number of methoxy groups -OCH3 is 1. The lowest BCUT2D eigenvalue weighted by Crippen LogP contribution is -2.00. The van der Waals surface area contributed by atoms with Crippen LogP contribution in [0.2, 0.25) is 5.02 Å². The minimum atomic E-state index is 0.711. The van der Waals surface area contributed by atoms with Gasteiger partial charge in [-0.1, -0.05) is 71.9 Å². The van der Waals surface area contributed by atoms with Crippen LogP contribution >= 0.6 is 23.4 Å². The first-order valence-electron chi connectivity index (χ1n) is 8.78. The van der Waals surface area contributed by atoms with E-state index in [9.17, 15) is 0 Å². The highest BCUT2D eigenvalue weighted by Gasteiger charge is 2.16. The lowest BCUT2D eigenvalue weighted by Gasteiger charge is -2.11. The van der Waals surface area contributed by atoms with Crippen LogP contribution in [0, 0.1) is 0 Å². The van der Waals surface area contributed by atoms with Gasteiger partial charge < -0.3 is 4.74 Å². The number of hydrogen-bond acceptors (Lipinski definition) is 4. The summed E-state index contributed by atoms with van der Waals surface area (Å²) in [6, 6.07) is 25.8. The van der Waals surface area contributed by atoms with E-state index < -0.39 is 0 Å². The van der Waals surface area contributed by atoms with Gasteiger partial charge in [0.2, 0.25) is 0 Å². The molecular weight excluding hydrogens is 390 g/mol. The Morgan fingerprint density at radius 1 is 0.893 bits per heavy atom. The van der Waals surface area contributed by atoms with Crippen molar-refractivity contribution >= 4 is 23.4 Å². The molecule has 0 N–H and O–H groups in total. The second-order valence-corrected chi connectivity index (χ2v) is 7.44. The van der Waals surface area contributed by atoms with Crippen LogP contribution in [0.5, 0.6) is 5.75 Å². The van der Waals surface area contributed by atoms with Crippen molar-refractivity contribution in [1.29, 1.82) is 0 Å². The average molecular weight is 408 g/mol. The first-order chi connectivity index (χ1) is 13.8. The van der Waals surface area contributed by atoms with Crippen molar-refractivity contribution in [3.05, 3.63) is 89.4 Å². The van der Waals surface area contributed by atoms with Crippen molar-refractivity contribution in [2.24, 2.45) is 0 Å². The van der Waals surface area contributed by atoms with Crippen LogP contribution < -0.4 is 4.74 Å². The predicted molar refractivity (Wildman–Crippen MR) is 114 cm³/mol. The van der Waals surface area contributed by atoms with E-state index in [0.29, 0.717) is 5.75 Å². The molecular formula is C22H18ClN3OS. The molecule has 0 saturated heterocycles. The van der Waals surface area contributed by atoms with E-state index in [2.05, 4.69) is 14.8 Å². The molecule has 0 bridgehead atoms. The summed E-state index contributed by atoms with van der Waals surface area (Å²) in [4.78, 5) is 0. The van der Waals surface area contributed by atoms with Crippen LogP contribution in [0.1, 0.15) is 5.56 Å². The Balaban J connectivity index is 1.73. The Morgan fingerprint density at radius 2 is 1.61 bits per heavy atom. The van der Waals surface area contributed by atoms with E-state index in [1.807, 2.05) is 78.9 Å². The molecule has 1 aromatic heterocycles. The van der Waals surface area contributed by atoms with Gasteiger partial charge in [0, 0.05) is 22.0 Å². The van der Waals surface area contributed by atoms with E-state index in [1.165, 1.54) is 0 Å². The van der Waals surface area contributed by atoms with Crippen molar-refractivity contribution < 1.29 is 4.74 Å². The summed E-state index contributed by atoms with van der Waals surface area (Å²) in [5.41, 5.74) is 3.06. The molecule has 28 heavy (non-hydrogen) atoms. The Hall–Kier alpha value is -2.76. The van der Waals surface area contributed by atoms with Gasteiger partial charge in [0.15, 0.2) is 11.0 Å². The number of rotatable bonds is 6. The third kappa shape index (κ3) is 3.91. The van der Waals surface area contributed by atoms with E-state index >= 15 is 0 Å². The van der Waals surface area contributed by atoms with Crippen LogP contribution in [0.4, 0.5) is 0 Å². The first kappa shape index (κ1) is 18.6. The van der Waals surface area contributed by atoms with Crippen molar-refractivity contribution in [2.45, 2.75) is 10.9 Å². The molecule has 4 nitrogen and oxygen atoms in total. The van der Waals surface area contributed by atoms with Gasteiger partial charge in [-0.05, 0) is 35.9 Å². The maximum Gasteiger partial charge on any atom is 0.196 e. The molecule has 0 fully saturated rings. The molecule has 0 spiro atoms. The van der Waals surface area contributed by atoms with Gasteiger partial charge in [-0.3, -0.25) is 4.57 Å². The molecule has 3 aromatic carbocycles. The highest BCUT2D eigenvalue weighted by molar-refractivity contribution is 7.98. The van der Waals surface area contributed by atoms with Crippen molar-refractivity contribution in [3.63, 3.8) is 0 Å². The maximum absolute atomic E-state index is 6.31. The van der Waals surface area contributed by atoms with Crippen LogP contribution in [0.25, 0.3) is 17.1 Å². The number of aromatic nitrogens is 3. The lowest BCUT2D eigenvalue weighted by molar-refractivity contribution is 0.414. The third-order valence-electron chi connectivity index (χ3n) is 4.31. The molecule has 0 aliphatic heterocycles. The molecule has 140 valence electrons. The minimum Gasteiger partial charge on any atom is -0.497 e. The van der Waals surface area contributed by atoms with Gasteiger partial charge in [-0.15, -0.1) is 10.2 Å². The SMILES string of the molecule is COc1ccc(-n2c(SCc3ccccc3Cl)nnc2-c2ccccc2)cc1. The number of benzene rings is 3. The van der Waals surface area contributed by atoms with E-state index in [1.54, 1.807) is 18.9 Å². The first-order valence-corrected chi connectivity index (χ1v) is 10.1. The van der Waals surface area contributed by atoms with Gasteiger partial charge >= 0.3 is 0 Å². The summed E-state index contributed by atoms with van der Waals surface area (Å²) in [5, 5.41) is 10.5. The highest BCUT2D eigenvalue weighted by atomic mass is 35.5. The Labute approximate surface area is 173 Å². The highest BCUT2D eigenvalue weighted by Crippen LogP contribution is 2.31. The molecule has 4 rings (SSSR count). The average Bonchev–Trinajstić information content (AvgIpc) is 3.18. The molecule has 0 aliphatic rings. The monoisotopic (exact) mass is 407 g/mol. The fourth-order valence-corrected chi connectivity index (χ4v) is 4.10. The second kappa shape index (κ2) is 8.50. The fraction of sp³-hybridized carbons (Fsp3) is 0.0909. The molecule has 0 amide bonds. The standard InChI is InChI=1S/C22H18ClN3OS/c1-27-19-13-11-18(12-14-19)26-21(16-7-3-2-4-8-16)24-25-22(26)28-15-17-9-5-6-10-20(17)23/h2-14H,15H2,1H3. The Bertz CT molecular complexity index is 1060. The molecule has 0 saturated carbocycles. The molecule has 0 atom stereocenters. The molecule has 4 aromatic rings. The largest absolute Gasteiger partial charge is 0.497 e. The van der Waals surface area contributed by atoms with Crippen molar-refractivity contribution in [1.82, 2.24) is 14.8 Å². The van der Waals surface area contributed by atoms with Gasteiger partial charge in [0.05, 0.1) is 7.11 Å². The quantitative estimate of drug-likeness (QED) is 0.374. The van der Waals surface area contributed by atoms with Gasteiger partial charge in [-0.2, -0.15) is 0 Å². The second-order valence-electron chi connectivity index (χ2n) is 6.09. The summed E-state index contributed by atoms with van der Waals surface area (Å²) in [5.74, 6) is 2.32. The molecule has 0 aliphatic carbocycles. The van der Waals surface area contributed by atoms with Crippen LogP contribution in [0.15, 0.2) is 84.0 Å². The molecule has 0 radical (unpaired) electrons. The number of ether oxygens (including phenoxy) is 1. The zero-order valence-electron chi connectivity index (χ0n) is 15.2. The molecule has 1 heterocycles. The smallest absolute Gasteiger partial charge is 0.196 e. The zero-order chi connectivity index (χ0) is 19.3. The molecule has 6 heteroatoms.